The Labute approximate surface area is 136 Å². The molecule has 0 bridgehead atoms. The standard InChI is InChI=1S/C14H17FIN3S/c15-10-8-13-12(9-11(10)16)17-14(20)19(13)7-3-6-18-4-1-2-5-18/h8-9H,1-7H2,(H,17,20). The number of aromatic nitrogens is 2. The summed E-state index contributed by atoms with van der Waals surface area (Å²) in [6.45, 7) is 4.37. The fraction of sp³-hybridized carbons (Fsp3) is 0.500. The molecule has 1 aliphatic heterocycles. The van der Waals surface area contributed by atoms with E-state index in [1.807, 2.05) is 33.2 Å². The number of nitrogens with one attached hydrogen (secondary N) is 1. The summed E-state index contributed by atoms with van der Waals surface area (Å²) in [7, 11) is 0. The van der Waals surface area contributed by atoms with Crippen molar-refractivity contribution < 1.29 is 4.39 Å². The Kier molecular flexibility index (Phi) is 4.42. The number of halogens is 2. The van der Waals surface area contributed by atoms with Gasteiger partial charge in [-0.2, -0.15) is 0 Å². The predicted molar refractivity (Wildman–Crippen MR) is 90.1 cm³/mol. The number of imidazole rings is 1. The van der Waals surface area contributed by atoms with E-state index in [-0.39, 0.29) is 5.82 Å². The molecule has 6 heteroatoms. The highest BCUT2D eigenvalue weighted by Gasteiger charge is 2.12. The SMILES string of the molecule is Fc1cc2c(cc1I)[nH]c(=S)n2CCCN1CCCC1. The summed E-state index contributed by atoms with van der Waals surface area (Å²) < 4.78 is 17.0. The zero-order valence-electron chi connectivity index (χ0n) is 11.2. The molecule has 1 aromatic heterocycles. The van der Waals surface area contributed by atoms with Gasteiger partial charge >= 0.3 is 0 Å². The third kappa shape index (κ3) is 2.92. The van der Waals surface area contributed by atoms with Gasteiger partial charge < -0.3 is 14.5 Å². The van der Waals surface area contributed by atoms with Crippen molar-refractivity contribution >= 4 is 45.8 Å². The van der Waals surface area contributed by atoms with E-state index in [0.717, 1.165) is 30.5 Å². The van der Waals surface area contributed by atoms with Crippen LogP contribution in [0, 0.1) is 14.2 Å². The lowest BCUT2D eigenvalue weighted by atomic mass is 10.3. The fourth-order valence-corrected chi connectivity index (χ4v) is 3.60. The van der Waals surface area contributed by atoms with Crippen LogP contribution in [-0.4, -0.2) is 34.1 Å². The molecular formula is C14H17FIN3S. The van der Waals surface area contributed by atoms with Gasteiger partial charge in [0.05, 0.1) is 14.6 Å². The third-order valence-electron chi connectivity index (χ3n) is 3.87. The van der Waals surface area contributed by atoms with E-state index in [2.05, 4.69) is 9.88 Å². The second-order valence-corrected chi connectivity index (χ2v) is 6.82. The van der Waals surface area contributed by atoms with Gasteiger partial charge in [0, 0.05) is 12.6 Å². The largest absolute Gasteiger partial charge is 0.331 e. The summed E-state index contributed by atoms with van der Waals surface area (Å²) in [5, 5.41) is 0. The van der Waals surface area contributed by atoms with Gasteiger partial charge in [-0.15, -0.1) is 0 Å². The van der Waals surface area contributed by atoms with Crippen molar-refractivity contribution in [1.29, 1.82) is 0 Å². The molecule has 0 radical (unpaired) electrons. The Hall–Kier alpha value is -0.470. The topological polar surface area (TPSA) is 24.0 Å². The minimum absolute atomic E-state index is 0.180. The van der Waals surface area contributed by atoms with Crippen molar-refractivity contribution in [3.05, 3.63) is 26.3 Å². The van der Waals surface area contributed by atoms with E-state index in [1.165, 1.54) is 25.9 Å². The molecular weight excluding hydrogens is 388 g/mol. The van der Waals surface area contributed by atoms with E-state index in [9.17, 15) is 4.39 Å². The van der Waals surface area contributed by atoms with Crippen LogP contribution in [0.1, 0.15) is 19.3 Å². The van der Waals surface area contributed by atoms with Gasteiger partial charge in [-0.05, 0) is 79.8 Å². The number of benzene rings is 1. The molecule has 1 fully saturated rings. The Morgan fingerprint density at radius 2 is 2.00 bits per heavy atom. The molecule has 1 aliphatic rings. The van der Waals surface area contributed by atoms with Crippen LogP contribution in [0.3, 0.4) is 0 Å². The lowest BCUT2D eigenvalue weighted by molar-refractivity contribution is 0.326. The van der Waals surface area contributed by atoms with Crippen LogP contribution in [-0.2, 0) is 6.54 Å². The van der Waals surface area contributed by atoms with E-state index in [4.69, 9.17) is 12.2 Å². The normalized spacial score (nSPS) is 16.3. The number of nitrogens with zero attached hydrogens (tertiary/aromatic N) is 2. The van der Waals surface area contributed by atoms with Crippen molar-refractivity contribution in [2.75, 3.05) is 19.6 Å². The van der Waals surface area contributed by atoms with Gasteiger partial charge in [-0.3, -0.25) is 0 Å². The summed E-state index contributed by atoms with van der Waals surface area (Å²) >= 11 is 7.36. The summed E-state index contributed by atoms with van der Waals surface area (Å²) in [5.74, 6) is -0.180. The fourth-order valence-electron chi connectivity index (χ4n) is 2.83. The zero-order valence-corrected chi connectivity index (χ0v) is 14.1. The number of hydrogen-bond acceptors (Lipinski definition) is 2. The van der Waals surface area contributed by atoms with Crippen molar-refractivity contribution in [3.8, 4) is 0 Å². The minimum atomic E-state index is -0.180. The Balaban J connectivity index is 1.78. The second-order valence-electron chi connectivity index (χ2n) is 5.27. The molecule has 0 amide bonds. The minimum Gasteiger partial charge on any atom is -0.331 e. The molecule has 0 saturated carbocycles. The quantitative estimate of drug-likeness (QED) is 0.616. The van der Waals surface area contributed by atoms with Gasteiger partial charge in [0.25, 0.3) is 0 Å². The zero-order chi connectivity index (χ0) is 14.1. The average Bonchev–Trinajstić information content (AvgIpc) is 3.01. The van der Waals surface area contributed by atoms with Crippen molar-refractivity contribution in [3.63, 3.8) is 0 Å². The van der Waals surface area contributed by atoms with Gasteiger partial charge in [-0.1, -0.05) is 0 Å². The maximum Gasteiger partial charge on any atom is 0.178 e. The molecule has 1 N–H and O–H groups in total. The number of aryl methyl sites for hydroxylation is 1. The molecule has 108 valence electrons. The highest BCUT2D eigenvalue weighted by atomic mass is 127. The van der Waals surface area contributed by atoms with Crippen LogP contribution in [0.5, 0.6) is 0 Å². The van der Waals surface area contributed by atoms with Crippen LogP contribution < -0.4 is 0 Å². The first-order valence-electron chi connectivity index (χ1n) is 6.95. The van der Waals surface area contributed by atoms with Crippen LogP contribution in [0.25, 0.3) is 11.0 Å². The van der Waals surface area contributed by atoms with Crippen molar-refractivity contribution in [2.24, 2.45) is 0 Å². The van der Waals surface area contributed by atoms with Gasteiger partial charge in [0.1, 0.15) is 5.82 Å². The van der Waals surface area contributed by atoms with Gasteiger partial charge in [0.2, 0.25) is 0 Å². The number of aromatic amines is 1. The molecule has 0 atom stereocenters. The van der Waals surface area contributed by atoms with Gasteiger partial charge in [0.15, 0.2) is 4.77 Å². The molecule has 0 aliphatic carbocycles. The number of H-pyrrole nitrogens is 1. The molecule has 3 rings (SSSR count). The molecule has 2 aromatic rings. The van der Waals surface area contributed by atoms with Crippen LogP contribution in [0.15, 0.2) is 12.1 Å². The first kappa shape index (κ1) is 14.5. The molecule has 20 heavy (non-hydrogen) atoms. The summed E-state index contributed by atoms with van der Waals surface area (Å²) in [4.78, 5) is 5.65. The lowest BCUT2D eigenvalue weighted by Gasteiger charge is -2.14. The van der Waals surface area contributed by atoms with Crippen LogP contribution in [0.2, 0.25) is 0 Å². The number of hydrogen-bond donors (Lipinski definition) is 1. The Morgan fingerprint density at radius 3 is 2.75 bits per heavy atom. The molecule has 1 aromatic carbocycles. The summed E-state index contributed by atoms with van der Waals surface area (Å²) in [6, 6.07) is 3.40. The first-order chi connectivity index (χ1) is 9.65. The maximum atomic E-state index is 13.7. The molecule has 0 spiro atoms. The number of likely N-dealkylation sites (tertiary alicyclic amines) is 1. The number of fused-ring (bicyclic) bond motifs is 1. The van der Waals surface area contributed by atoms with Gasteiger partial charge in [-0.25, -0.2) is 4.39 Å². The highest BCUT2D eigenvalue weighted by molar-refractivity contribution is 14.1. The maximum absolute atomic E-state index is 13.7. The molecule has 0 unspecified atom stereocenters. The second kappa shape index (κ2) is 6.11. The van der Waals surface area contributed by atoms with Crippen molar-refractivity contribution in [1.82, 2.24) is 14.5 Å². The lowest BCUT2D eigenvalue weighted by Crippen LogP contribution is -2.21. The number of rotatable bonds is 4. The molecule has 3 nitrogen and oxygen atoms in total. The summed E-state index contributed by atoms with van der Waals surface area (Å²) in [5.41, 5.74) is 1.79. The molecule has 2 heterocycles. The summed E-state index contributed by atoms with van der Waals surface area (Å²) in [6.07, 6.45) is 3.68. The van der Waals surface area contributed by atoms with E-state index in [1.54, 1.807) is 6.07 Å². The van der Waals surface area contributed by atoms with E-state index < -0.39 is 0 Å². The average molecular weight is 405 g/mol. The molecule has 1 saturated heterocycles. The third-order valence-corrected chi connectivity index (χ3v) is 5.02. The Morgan fingerprint density at radius 1 is 1.25 bits per heavy atom. The monoisotopic (exact) mass is 405 g/mol. The first-order valence-corrected chi connectivity index (χ1v) is 8.44. The van der Waals surface area contributed by atoms with E-state index >= 15 is 0 Å². The highest BCUT2D eigenvalue weighted by Crippen LogP contribution is 2.21. The Bertz CT molecular complexity index is 673. The van der Waals surface area contributed by atoms with Crippen molar-refractivity contribution in [2.45, 2.75) is 25.8 Å². The smallest absolute Gasteiger partial charge is 0.178 e. The predicted octanol–water partition coefficient (Wildman–Crippen LogP) is 3.93. The van der Waals surface area contributed by atoms with Crippen LogP contribution in [0.4, 0.5) is 4.39 Å². The van der Waals surface area contributed by atoms with E-state index in [0.29, 0.717) is 8.34 Å². The van der Waals surface area contributed by atoms with Crippen LogP contribution >= 0.6 is 34.8 Å².